The fourth-order valence-electron chi connectivity index (χ4n) is 1.95. The number of hydrogen-bond donors (Lipinski definition) is 2. The topological polar surface area (TPSA) is 76.7 Å². The van der Waals surface area contributed by atoms with E-state index in [9.17, 15) is 9.59 Å². The predicted molar refractivity (Wildman–Crippen MR) is 102 cm³/mol. The second kappa shape index (κ2) is 9.45. The number of hydrogen-bond acceptors (Lipinski definition) is 4. The van der Waals surface area contributed by atoms with E-state index in [0.717, 1.165) is 4.47 Å². The van der Waals surface area contributed by atoms with Crippen LogP contribution in [0.4, 0.5) is 0 Å². The average molecular weight is 442 g/mol. The Hall–Kier alpha value is -2.25. The van der Waals surface area contributed by atoms with Crippen molar-refractivity contribution in [1.29, 1.82) is 0 Å². The lowest BCUT2D eigenvalue weighted by atomic mass is 10.2. The van der Waals surface area contributed by atoms with Crippen LogP contribution < -0.4 is 20.3 Å². The molecule has 0 aliphatic heterocycles. The lowest BCUT2D eigenvalue weighted by Gasteiger charge is -2.12. The Bertz CT molecular complexity index is 799. The zero-order valence-corrected chi connectivity index (χ0v) is 16.6. The van der Waals surface area contributed by atoms with E-state index in [0.29, 0.717) is 22.1 Å². The summed E-state index contributed by atoms with van der Waals surface area (Å²) in [5.74, 6) is -0.0387. The smallest absolute Gasteiger partial charge is 0.276 e. The molecule has 0 bridgehead atoms. The zero-order chi connectivity index (χ0) is 19.1. The molecule has 0 atom stereocenters. The summed E-state index contributed by atoms with van der Waals surface area (Å²) in [6, 6.07) is 11.7. The Morgan fingerprint density at radius 3 is 2.62 bits per heavy atom. The summed E-state index contributed by atoms with van der Waals surface area (Å²) < 4.78 is 11.7. The standard InChI is InChI=1S/C18H18BrClN2O4/c1-11(2)26-14-5-3-4-12(8-14)18(24)22-21-17(23)10-25-16-7-6-13(19)9-15(16)20/h3-9,11H,10H2,1-2H3,(H,21,23)(H,22,24). The molecule has 26 heavy (non-hydrogen) atoms. The third-order valence-electron chi connectivity index (χ3n) is 3.04. The normalized spacial score (nSPS) is 10.3. The van der Waals surface area contributed by atoms with Crippen LogP contribution in [0.25, 0.3) is 0 Å². The number of carbonyl (C=O) groups excluding carboxylic acids is 2. The summed E-state index contributed by atoms with van der Waals surface area (Å²) in [5.41, 5.74) is 4.97. The number of rotatable bonds is 6. The lowest BCUT2D eigenvalue weighted by molar-refractivity contribution is -0.123. The van der Waals surface area contributed by atoms with Crippen LogP contribution in [-0.4, -0.2) is 24.5 Å². The minimum Gasteiger partial charge on any atom is -0.491 e. The summed E-state index contributed by atoms with van der Waals surface area (Å²) in [5, 5.41) is 0.373. The summed E-state index contributed by atoms with van der Waals surface area (Å²) in [6.45, 7) is 3.49. The Balaban J connectivity index is 1.84. The molecule has 138 valence electrons. The van der Waals surface area contributed by atoms with Gasteiger partial charge in [-0.15, -0.1) is 0 Å². The van der Waals surface area contributed by atoms with E-state index >= 15 is 0 Å². The zero-order valence-electron chi connectivity index (χ0n) is 14.2. The van der Waals surface area contributed by atoms with Crippen molar-refractivity contribution >= 4 is 39.3 Å². The van der Waals surface area contributed by atoms with E-state index in [1.165, 1.54) is 0 Å². The highest BCUT2D eigenvalue weighted by atomic mass is 79.9. The van der Waals surface area contributed by atoms with Crippen molar-refractivity contribution in [3.63, 3.8) is 0 Å². The van der Waals surface area contributed by atoms with Crippen molar-refractivity contribution in [3.8, 4) is 11.5 Å². The molecule has 2 N–H and O–H groups in total. The number of amides is 2. The van der Waals surface area contributed by atoms with Crippen LogP contribution in [0.5, 0.6) is 11.5 Å². The Kier molecular flexibility index (Phi) is 7.29. The van der Waals surface area contributed by atoms with Gasteiger partial charge in [-0.1, -0.05) is 33.6 Å². The van der Waals surface area contributed by atoms with Crippen LogP contribution >= 0.6 is 27.5 Å². The summed E-state index contributed by atoms with van der Waals surface area (Å²) in [4.78, 5) is 23.9. The van der Waals surface area contributed by atoms with E-state index in [1.807, 2.05) is 13.8 Å². The van der Waals surface area contributed by atoms with Gasteiger partial charge in [0.25, 0.3) is 11.8 Å². The monoisotopic (exact) mass is 440 g/mol. The van der Waals surface area contributed by atoms with Gasteiger partial charge in [0.15, 0.2) is 6.61 Å². The van der Waals surface area contributed by atoms with Gasteiger partial charge < -0.3 is 9.47 Å². The molecule has 0 spiro atoms. The molecule has 0 heterocycles. The van der Waals surface area contributed by atoms with Crippen LogP contribution in [0.1, 0.15) is 24.2 Å². The van der Waals surface area contributed by atoms with Crippen molar-refractivity contribution in [2.45, 2.75) is 20.0 Å². The van der Waals surface area contributed by atoms with Gasteiger partial charge in [0.2, 0.25) is 0 Å². The van der Waals surface area contributed by atoms with E-state index in [1.54, 1.807) is 42.5 Å². The molecule has 0 aliphatic rings. The van der Waals surface area contributed by atoms with E-state index in [-0.39, 0.29) is 12.7 Å². The fraction of sp³-hybridized carbons (Fsp3) is 0.222. The second-order valence-electron chi connectivity index (χ2n) is 5.56. The highest BCUT2D eigenvalue weighted by Gasteiger charge is 2.10. The van der Waals surface area contributed by atoms with Crippen molar-refractivity contribution in [2.75, 3.05) is 6.61 Å². The molecule has 0 saturated heterocycles. The molecule has 2 aromatic rings. The lowest BCUT2D eigenvalue weighted by Crippen LogP contribution is -2.43. The largest absolute Gasteiger partial charge is 0.491 e. The number of benzene rings is 2. The maximum Gasteiger partial charge on any atom is 0.276 e. The molecule has 2 rings (SSSR count). The molecule has 0 aliphatic carbocycles. The van der Waals surface area contributed by atoms with E-state index in [2.05, 4.69) is 26.8 Å². The molecule has 2 amide bonds. The van der Waals surface area contributed by atoms with Crippen LogP contribution in [0, 0.1) is 0 Å². The summed E-state index contributed by atoms with van der Waals surface area (Å²) in [7, 11) is 0. The quantitative estimate of drug-likeness (QED) is 0.670. The number of hydrazine groups is 1. The van der Waals surface area contributed by atoms with Gasteiger partial charge in [-0.25, -0.2) is 0 Å². The second-order valence-corrected chi connectivity index (χ2v) is 6.88. The van der Waals surface area contributed by atoms with E-state index in [4.69, 9.17) is 21.1 Å². The third kappa shape index (κ3) is 6.24. The Morgan fingerprint density at radius 2 is 1.92 bits per heavy atom. The molecule has 6 nitrogen and oxygen atoms in total. The highest BCUT2D eigenvalue weighted by molar-refractivity contribution is 9.10. The molecular formula is C18H18BrClN2O4. The molecule has 0 unspecified atom stereocenters. The van der Waals surface area contributed by atoms with Crippen LogP contribution in [0.3, 0.4) is 0 Å². The molecule has 2 aromatic carbocycles. The van der Waals surface area contributed by atoms with Gasteiger partial charge in [0.05, 0.1) is 11.1 Å². The fourth-order valence-corrected chi connectivity index (χ4v) is 2.68. The van der Waals surface area contributed by atoms with Gasteiger partial charge >= 0.3 is 0 Å². The molecular weight excluding hydrogens is 424 g/mol. The number of halogens is 2. The maximum atomic E-state index is 12.1. The maximum absolute atomic E-state index is 12.1. The third-order valence-corrected chi connectivity index (χ3v) is 3.82. The van der Waals surface area contributed by atoms with Crippen molar-refractivity contribution in [2.24, 2.45) is 0 Å². The van der Waals surface area contributed by atoms with Crippen LogP contribution in [0.15, 0.2) is 46.9 Å². The highest BCUT2D eigenvalue weighted by Crippen LogP contribution is 2.27. The first kappa shape index (κ1) is 20.1. The van der Waals surface area contributed by atoms with Crippen LogP contribution in [0.2, 0.25) is 5.02 Å². The molecule has 0 saturated carbocycles. The van der Waals surface area contributed by atoms with Gasteiger partial charge in [-0.05, 0) is 50.2 Å². The first-order valence-electron chi connectivity index (χ1n) is 7.79. The Morgan fingerprint density at radius 1 is 1.15 bits per heavy atom. The average Bonchev–Trinajstić information content (AvgIpc) is 2.58. The predicted octanol–water partition coefficient (Wildman–Crippen LogP) is 3.73. The van der Waals surface area contributed by atoms with E-state index < -0.39 is 11.8 Å². The minimum atomic E-state index is -0.521. The van der Waals surface area contributed by atoms with Crippen molar-refractivity contribution in [1.82, 2.24) is 10.9 Å². The molecule has 0 fully saturated rings. The van der Waals surface area contributed by atoms with Gasteiger partial charge in [0, 0.05) is 10.0 Å². The SMILES string of the molecule is CC(C)Oc1cccc(C(=O)NNC(=O)COc2ccc(Br)cc2Cl)c1. The first-order chi connectivity index (χ1) is 12.3. The first-order valence-corrected chi connectivity index (χ1v) is 8.96. The van der Waals surface area contributed by atoms with Crippen molar-refractivity contribution < 1.29 is 19.1 Å². The van der Waals surface area contributed by atoms with Gasteiger partial charge in [0.1, 0.15) is 11.5 Å². The number of ether oxygens (including phenoxy) is 2. The molecule has 8 heteroatoms. The molecule has 0 radical (unpaired) electrons. The number of nitrogens with one attached hydrogen (secondary N) is 2. The summed E-state index contributed by atoms with van der Waals surface area (Å²) in [6.07, 6.45) is -0.00408. The number of carbonyl (C=O) groups is 2. The summed E-state index contributed by atoms with van der Waals surface area (Å²) >= 11 is 9.28. The van der Waals surface area contributed by atoms with Crippen LogP contribution in [-0.2, 0) is 4.79 Å². The Labute approximate surface area is 164 Å². The van der Waals surface area contributed by atoms with Gasteiger partial charge in [-0.3, -0.25) is 20.4 Å². The molecule has 0 aromatic heterocycles. The minimum absolute atomic E-state index is 0.00408. The van der Waals surface area contributed by atoms with Gasteiger partial charge in [-0.2, -0.15) is 0 Å². The van der Waals surface area contributed by atoms with Crippen molar-refractivity contribution in [3.05, 3.63) is 57.5 Å².